The number of alkyl halides is 2. The summed E-state index contributed by atoms with van der Waals surface area (Å²) in [4.78, 5) is 10.9. The van der Waals surface area contributed by atoms with E-state index in [1.165, 1.54) is 19.2 Å². The molecule has 16 heavy (non-hydrogen) atoms. The van der Waals surface area contributed by atoms with E-state index >= 15 is 0 Å². The fourth-order valence-electron chi connectivity index (χ4n) is 1.23. The molecular formula is C11H12F2O3. The lowest BCUT2D eigenvalue weighted by Crippen LogP contribution is -2.04. The van der Waals surface area contributed by atoms with Crippen LogP contribution in [0, 0.1) is 0 Å². The van der Waals surface area contributed by atoms with Crippen molar-refractivity contribution >= 4 is 5.97 Å². The first-order chi connectivity index (χ1) is 7.61. The Morgan fingerprint density at radius 3 is 2.81 bits per heavy atom. The summed E-state index contributed by atoms with van der Waals surface area (Å²) in [6.07, 6.45) is 0.655. The van der Waals surface area contributed by atoms with E-state index in [1.807, 2.05) is 0 Å². The molecule has 0 aromatic heterocycles. The first-order valence-corrected chi connectivity index (χ1v) is 4.72. The lowest BCUT2D eigenvalue weighted by atomic mass is 10.1. The summed E-state index contributed by atoms with van der Waals surface area (Å²) in [5, 5.41) is 0. The van der Waals surface area contributed by atoms with Gasteiger partial charge in [-0.2, -0.15) is 8.78 Å². The van der Waals surface area contributed by atoms with E-state index in [4.69, 9.17) is 0 Å². The van der Waals surface area contributed by atoms with Gasteiger partial charge in [-0.15, -0.1) is 0 Å². The summed E-state index contributed by atoms with van der Waals surface area (Å²) in [6, 6.07) is 6.26. The van der Waals surface area contributed by atoms with Crippen molar-refractivity contribution in [1.82, 2.24) is 0 Å². The van der Waals surface area contributed by atoms with Crippen molar-refractivity contribution in [1.29, 1.82) is 0 Å². The van der Waals surface area contributed by atoms with Crippen LogP contribution in [0.15, 0.2) is 24.3 Å². The molecule has 0 saturated heterocycles. The number of hydrogen-bond acceptors (Lipinski definition) is 3. The van der Waals surface area contributed by atoms with Crippen molar-refractivity contribution in [3.63, 3.8) is 0 Å². The number of benzene rings is 1. The van der Waals surface area contributed by atoms with Crippen LogP contribution in [0.2, 0.25) is 0 Å². The predicted molar refractivity (Wildman–Crippen MR) is 53.4 cm³/mol. The quantitative estimate of drug-likeness (QED) is 0.728. The molecule has 0 aliphatic rings. The first-order valence-electron chi connectivity index (χ1n) is 4.72. The lowest BCUT2D eigenvalue weighted by Gasteiger charge is -2.06. The molecule has 0 aliphatic carbocycles. The van der Waals surface area contributed by atoms with Gasteiger partial charge >= 0.3 is 12.6 Å². The molecule has 1 aromatic carbocycles. The number of carbonyl (C=O) groups excluding carboxylic acids is 1. The zero-order valence-electron chi connectivity index (χ0n) is 8.78. The molecule has 1 aromatic rings. The molecular weight excluding hydrogens is 218 g/mol. The third-order valence-corrected chi connectivity index (χ3v) is 1.97. The minimum atomic E-state index is -2.84. The van der Waals surface area contributed by atoms with Gasteiger partial charge in [0.25, 0.3) is 0 Å². The molecule has 1 rings (SSSR count). The van der Waals surface area contributed by atoms with E-state index in [-0.39, 0.29) is 18.1 Å². The van der Waals surface area contributed by atoms with Crippen molar-refractivity contribution in [3.8, 4) is 5.75 Å². The Kier molecular flexibility index (Phi) is 4.69. The molecule has 0 fully saturated rings. The van der Waals surface area contributed by atoms with E-state index in [0.29, 0.717) is 6.42 Å². The molecule has 0 N–H and O–H groups in total. The van der Waals surface area contributed by atoms with Crippen LogP contribution in [-0.2, 0) is 16.0 Å². The molecule has 0 saturated carbocycles. The van der Waals surface area contributed by atoms with Gasteiger partial charge < -0.3 is 9.47 Å². The Balaban J connectivity index is 2.56. The molecule has 0 atom stereocenters. The van der Waals surface area contributed by atoms with Gasteiger partial charge in [0, 0.05) is 6.42 Å². The summed E-state index contributed by atoms with van der Waals surface area (Å²) < 4.78 is 32.6. The zero-order valence-corrected chi connectivity index (χ0v) is 8.78. The zero-order chi connectivity index (χ0) is 12.0. The Morgan fingerprint density at radius 1 is 1.44 bits per heavy atom. The van der Waals surface area contributed by atoms with Gasteiger partial charge in [-0.3, -0.25) is 4.79 Å². The van der Waals surface area contributed by atoms with Gasteiger partial charge in [-0.1, -0.05) is 12.1 Å². The van der Waals surface area contributed by atoms with Crippen LogP contribution in [0.25, 0.3) is 0 Å². The Labute approximate surface area is 92.0 Å². The number of carbonyl (C=O) groups is 1. The summed E-state index contributed by atoms with van der Waals surface area (Å²) in [5.74, 6) is -0.238. The maximum Gasteiger partial charge on any atom is 0.387 e. The van der Waals surface area contributed by atoms with Gasteiger partial charge in [0.2, 0.25) is 0 Å². The average molecular weight is 230 g/mol. The van der Waals surface area contributed by atoms with Gasteiger partial charge in [0.05, 0.1) is 7.11 Å². The fourth-order valence-corrected chi connectivity index (χ4v) is 1.23. The van der Waals surface area contributed by atoms with Gasteiger partial charge in [-0.05, 0) is 24.1 Å². The van der Waals surface area contributed by atoms with E-state index in [2.05, 4.69) is 9.47 Å². The largest absolute Gasteiger partial charge is 0.469 e. The number of ether oxygens (including phenoxy) is 2. The number of aryl methyl sites for hydroxylation is 1. The standard InChI is InChI=1S/C11H12F2O3/c1-15-10(14)6-5-8-3-2-4-9(7-8)16-11(12)13/h2-4,7,11H,5-6H2,1H3. The van der Waals surface area contributed by atoms with Crippen LogP contribution in [0.5, 0.6) is 5.75 Å². The highest BCUT2D eigenvalue weighted by molar-refractivity contribution is 5.69. The molecule has 0 unspecified atom stereocenters. The van der Waals surface area contributed by atoms with Gasteiger partial charge in [0.15, 0.2) is 0 Å². The second kappa shape index (κ2) is 6.05. The summed E-state index contributed by atoms with van der Waals surface area (Å²) in [7, 11) is 1.30. The summed E-state index contributed by atoms with van der Waals surface area (Å²) in [6.45, 7) is -2.84. The molecule has 3 nitrogen and oxygen atoms in total. The summed E-state index contributed by atoms with van der Waals surface area (Å²) >= 11 is 0. The number of halogens is 2. The summed E-state index contributed by atoms with van der Waals surface area (Å²) in [5.41, 5.74) is 0.753. The number of methoxy groups -OCH3 is 1. The highest BCUT2D eigenvalue weighted by atomic mass is 19.3. The average Bonchev–Trinajstić information content (AvgIpc) is 2.25. The molecule has 88 valence electrons. The Morgan fingerprint density at radius 2 is 2.19 bits per heavy atom. The smallest absolute Gasteiger partial charge is 0.387 e. The highest BCUT2D eigenvalue weighted by Gasteiger charge is 2.06. The minimum absolute atomic E-state index is 0.0948. The maximum absolute atomic E-state index is 11.9. The maximum atomic E-state index is 11.9. The molecule has 0 heterocycles. The van der Waals surface area contributed by atoms with Gasteiger partial charge in [-0.25, -0.2) is 0 Å². The van der Waals surface area contributed by atoms with Crippen LogP contribution in [0.4, 0.5) is 8.78 Å². The number of esters is 1. The fraction of sp³-hybridized carbons (Fsp3) is 0.364. The van der Waals surface area contributed by atoms with Crippen LogP contribution < -0.4 is 4.74 Å². The van der Waals surface area contributed by atoms with Crippen molar-refractivity contribution in [2.75, 3.05) is 7.11 Å². The molecule has 0 bridgehead atoms. The monoisotopic (exact) mass is 230 g/mol. The normalized spacial score (nSPS) is 10.2. The Bertz CT molecular complexity index is 353. The van der Waals surface area contributed by atoms with Crippen molar-refractivity contribution < 1.29 is 23.0 Å². The third kappa shape index (κ3) is 4.25. The van der Waals surface area contributed by atoms with Crippen LogP contribution in [0.3, 0.4) is 0 Å². The lowest BCUT2D eigenvalue weighted by molar-refractivity contribution is -0.140. The second-order valence-electron chi connectivity index (χ2n) is 3.10. The van der Waals surface area contributed by atoms with E-state index in [1.54, 1.807) is 12.1 Å². The second-order valence-corrected chi connectivity index (χ2v) is 3.10. The van der Waals surface area contributed by atoms with Crippen LogP contribution >= 0.6 is 0 Å². The van der Waals surface area contributed by atoms with Crippen molar-refractivity contribution in [3.05, 3.63) is 29.8 Å². The van der Waals surface area contributed by atoms with E-state index in [9.17, 15) is 13.6 Å². The molecule has 5 heteroatoms. The van der Waals surface area contributed by atoms with Crippen LogP contribution in [-0.4, -0.2) is 19.7 Å². The number of hydrogen-bond donors (Lipinski definition) is 0. The molecule has 0 radical (unpaired) electrons. The van der Waals surface area contributed by atoms with Crippen molar-refractivity contribution in [2.24, 2.45) is 0 Å². The molecule has 0 aliphatic heterocycles. The molecule has 0 spiro atoms. The minimum Gasteiger partial charge on any atom is -0.469 e. The predicted octanol–water partition coefficient (Wildman–Crippen LogP) is 2.39. The molecule has 0 amide bonds. The Hall–Kier alpha value is -1.65. The van der Waals surface area contributed by atoms with E-state index in [0.717, 1.165) is 5.56 Å². The number of rotatable bonds is 5. The van der Waals surface area contributed by atoms with Crippen molar-refractivity contribution in [2.45, 2.75) is 19.5 Å². The first kappa shape index (κ1) is 12.4. The van der Waals surface area contributed by atoms with Crippen LogP contribution in [0.1, 0.15) is 12.0 Å². The third-order valence-electron chi connectivity index (χ3n) is 1.97. The van der Waals surface area contributed by atoms with E-state index < -0.39 is 6.61 Å². The topological polar surface area (TPSA) is 35.5 Å². The highest BCUT2D eigenvalue weighted by Crippen LogP contribution is 2.16. The van der Waals surface area contributed by atoms with Gasteiger partial charge in [0.1, 0.15) is 5.75 Å². The SMILES string of the molecule is COC(=O)CCc1cccc(OC(F)F)c1.